The second-order valence-electron chi connectivity index (χ2n) is 7.63. The van der Waals surface area contributed by atoms with Gasteiger partial charge in [-0.05, 0) is 58.6 Å². The number of nitrogens with zero attached hydrogens (tertiary/aromatic N) is 4. The van der Waals surface area contributed by atoms with Crippen molar-refractivity contribution in [1.82, 2.24) is 19.6 Å². The van der Waals surface area contributed by atoms with Gasteiger partial charge in [-0.3, -0.25) is 4.79 Å². The highest BCUT2D eigenvalue weighted by atomic mass is 32.2. The molecular weight excluding hydrogens is 376 g/mol. The molecule has 1 atom stereocenters. The second-order valence-corrected chi connectivity index (χ2v) is 9.86. The maximum absolute atomic E-state index is 13.3. The lowest BCUT2D eigenvalue weighted by Crippen LogP contribution is -2.42. The minimum Gasteiger partial charge on any atom is -0.333 e. The molecule has 0 radical (unpaired) electrons. The van der Waals surface area contributed by atoms with Crippen molar-refractivity contribution >= 4 is 15.7 Å². The molecule has 3 rings (SSSR count). The van der Waals surface area contributed by atoms with Crippen LogP contribution in [0, 0.1) is 6.92 Å². The molecule has 1 fully saturated rings. The highest BCUT2D eigenvalue weighted by Gasteiger charge is 2.35. The number of sulfone groups is 1. The Hall–Kier alpha value is -2.19. The van der Waals surface area contributed by atoms with E-state index in [-0.39, 0.29) is 23.5 Å². The molecule has 7 nitrogen and oxygen atoms in total. The number of carbonyl (C=O) groups is 1. The summed E-state index contributed by atoms with van der Waals surface area (Å²) in [6.07, 6.45) is 1.28. The van der Waals surface area contributed by atoms with Crippen LogP contribution in [0.5, 0.6) is 0 Å². The maximum Gasteiger partial charge on any atom is 0.274 e. The fourth-order valence-electron chi connectivity index (χ4n) is 3.59. The van der Waals surface area contributed by atoms with Crippen LogP contribution in [0.2, 0.25) is 0 Å². The number of hydrogen-bond acceptors (Lipinski definition) is 5. The molecule has 2 heterocycles. The third-order valence-corrected chi connectivity index (χ3v) is 6.77. The highest BCUT2D eigenvalue weighted by Crippen LogP contribution is 2.21. The van der Waals surface area contributed by atoms with Crippen molar-refractivity contribution in [2.24, 2.45) is 0 Å². The topological polar surface area (TPSA) is 75.5 Å². The fraction of sp³-hybridized carbons (Fsp3) is 0.500. The summed E-state index contributed by atoms with van der Waals surface area (Å²) >= 11 is 0. The quantitative estimate of drug-likeness (QED) is 0.703. The molecule has 8 heteroatoms. The fourth-order valence-corrected chi connectivity index (χ4v) is 5.32. The molecule has 0 bridgehead atoms. The molecule has 0 saturated carbocycles. The molecule has 152 valence electrons. The van der Waals surface area contributed by atoms with E-state index in [1.165, 1.54) is 0 Å². The summed E-state index contributed by atoms with van der Waals surface area (Å²) in [4.78, 5) is 17.0. The first-order valence-electron chi connectivity index (χ1n) is 9.55. The van der Waals surface area contributed by atoms with Crippen molar-refractivity contribution in [3.8, 4) is 5.69 Å². The molecule has 0 aliphatic carbocycles. The van der Waals surface area contributed by atoms with Crippen LogP contribution < -0.4 is 0 Å². The number of benzene rings is 1. The Bertz CT molecular complexity index is 922. The van der Waals surface area contributed by atoms with Crippen molar-refractivity contribution in [1.29, 1.82) is 0 Å². The zero-order chi connectivity index (χ0) is 20.3. The van der Waals surface area contributed by atoms with E-state index >= 15 is 0 Å². The molecule has 1 amide bonds. The monoisotopic (exact) mass is 404 g/mol. The van der Waals surface area contributed by atoms with Crippen molar-refractivity contribution in [3.05, 3.63) is 47.8 Å². The van der Waals surface area contributed by atoms with Gasteiger partial charge in [-0.15, -0.1) is 0 Å². The molecular formula is C20H28N4O3S. The number of hydrogen-bond donors (Lipinski definition) is 0. The van der Waals surface area contributed by atoms with E-state index in [4.69, 9.17) is 0 Å². The first-order chi connectivity index (χ1) is 13.3. The van der Waals surface area contributed by atoms with E-state index in [0.717, 1.165) is 24.3 Å². The number of rotatable bonds is 7. The smallest absolute Gasteiger partial charge is 0.274 e. The Labute approximate surface area is 166 Å². The number of para-hydroxylation sites is 1. The lowest BCUT2D eigenvalue weighted by Gasteiger charge is -2.28. The van der Waals surface area contributed by atoms with E-state index in [1.54, 1.807) is 15.6 Å². The Morgan fingerprint density at radius 1 is 1.21 bits per heavy atom. The van der Waals surface area contributed by atoms with E-state index in [1.807, 2.05) is 51.4 Å². The predicted octanol–water partition coefficient (Wildman–Crippen LogP) is 1.76. The van der Waals surface area contributed by atoms with Crippen LogP contribution in [-0.4, -0.2) is 78.6 Å². The summed E-state index contributed by atoms with van der Waals surface area (Å²) in [6.45, 7) is 3.27. The van der Waals surface area contributed by atoms with Crippen LogP contribution >= 0.6 is 0 Å². The molecule has 1 aromatic heterocycles. The molecule has 1 saturated heterocycles. The zero-order valence-corrected chi connectivity index (χ0v) is 17.5. The molecule has 0 spiro atoms. The Balaban J connectivity index is 1.84. The Morgan fingerprint density at radius 2 is 1.93 bits per heavy atom. The van der Waals surface area contributed by atoms with E-state index in [2.05, 4.69) is 10.00 Å². The Morgan fingerprint density at radius 3 is 2.54 bits per heavy atom. The van der Waals surface area contributed by atoms with E-state index in [9.17, 15) is 13.2 Å². The van der Waals surface area contributed by atoms with Gasteiger partial charge in [0.2, 0.25) is 0 Å². The van der Waals surface area contributed by atoms with Gasteiger partial charge in [0.1, 0.15) is 0 Å². The summed E-state index contributed by atoms with van der Waals surface area (Å²) in [5.41, 5.74) is 2.11. The molecule has 1 aliphatic rings. The van der Waals surface area contributed by atoms with Crippen molar-refractivity contribution in [3.63, 3.8) is 0 Å². The Kier molecular flexibility index (Phi) is 6.20. The summed E-state index contributed by atoms with van der Waals surface area (Å²) in [6, 6.07) is 11.2. The minimum absolute atomic E-state index is 0.0408. The first kappa shape index (κ1) is 20.5. The van der Waals surface area contributed by atoms with Crippen molar-refractivity contribution < 1.29 is 13.2 Å². The van der Waals surface area contributed by atoms with Gasteiger partial charge in [-0.2, -0.15) is 5.10 Å². The molecule has 0 N–H and O–H groups in total. The van der Waals surface area contributed by atoms with Gasteiger partial charge in [0.25, 0.3) is 5.91 Å². The zero-order valence-electron chi connectivity index (χ0n) is 16.7. The van der Waals surface area contributed by atoms with Crippen molar-refractivity contribution in [2.45, 2.75) is 25.8 Å². The van der Waals surface area contributed by atoms with Gasteiger partial charge in [0, 0.05) is 18.3 Å². The largest absolute Gasteiger partial charge is 0.333 e. The van der Waals surface area contributed by atoms with Crippen LogP contribution in [0.1, 0.15) is 29.0 Å². The van der Waals surface area contributed by atoms with Crippen molar-refractivity contribution in [2.75, 3.05) is 38.7 Å². The number of aromatic nitrogens is 2. The van der Waals surface area contributed by atoms with Gasteiger partial charge in [-0.25, -0.2) is 13.1 Å². The summed E-state index contributed by atoms with van der Waals surface area (Å²) in [7, 11) is 0.893. The maximum atomic E-state index is 13.3. The van der Waals surface area contributed by atoms with Crippen LogP contribution in [-0.2, 0) is 9.84 Å². The van der Waals surface area contributed by atoms with Gasteiger partial charge in [-0.1, -0.05) is 18.2 Å². The number of carbonyl (C=O) groups excluding carboxylic acids is 1. The van der Waals surface area contributed by atoms with E-state index in [0.29, 0.717) is 18.7 Å². The van der Waals surface area contributed by atoms with Gasteiger partial charge < -0.3 is 9.80 Å². The lowest BCUT2D eigenvalue weighted by atomic mass is 10.2. The van der Waals surface area contributed by atoms with Crippen LogP contribution in [0.4, 0.5) is 0 Å². The van der Waals surface area contributed by atoms with Gasteiger partial charge in [0.05, 0.1) is 17.2 Å². The third-order valence-electron chi connectivity index (χ3n) is 5.02. The van der Waals surface area contributed by atoms with E-state index < -0.39 is 9.84 Å². The average Bonchev–Trinajstić information content (AvgIpc) is 3.21. The van der Waals surface area contributed by atoms with Gasteiger partial charge >= 0.3 is 0 Å². The minimum atomic E-state index is -3.07. The molecule has 2 aromatic rings. The summed E-state index contributed by atoms with van der Waals surface area (Å²) < 4.78 is 25.7. The average molecular weight is 405 g/mol. The van der Waals surface area contributed by atoms with Crippen LogP contribution in [0.3, 0.4) is 0 Å². The number of amides is 1. The van der Waals surface area contributed by atoms with Gasteiger partial charge in [0.15, 0.2) is 15.5 Å². The van der Waals surface area contributed by atoms with Crippen LogP contribution in [0.25, 0.3) is 5.69 Å². The molecule has 1 unspecified atom stereocenters. The summed E-state index contributed by atoms with van der Waals surface area (Å²) in [5, 5.41) is 4.52. The summed E-state index contributed by atoms with van der Waals surface area (Å²) in [5.74, 6) is -0.00950. The molecule has 28 heavy (non-hydrogen) atoms. The third kappa shape index (κ3) is 4.80. The van der Waals surface area contributed by atoms with Crippen LogP contribution in [0.15, 0.2) is 36.4 Å². The second kappa shape index (κ2) is 8.45. The number of aryl methyl sites for hydroxylation is 1. The molecule has 1 aliphatic heterocycles. The lowest BCUT2D eigenvalue weighted by molar-refractivity contribution is 0.0683. The standard InChI is InChI=1S/C20H28N4O3S/c1-16-14-19(21-24(16)17-8-5-4-6-9-17)20(25)23(12-7-11-22(2)3)18-10-13-28(26,27)15-18/h4-6,8-9,14,18H,7,10-13,15H2,1-3H3. The molecule has 1 aromatic carbocycles. The first-order valence-corrected chi connectivity index (χ1v) is 11.4. The SMILES string of the molecule is Cc1cc(C(=O)N(CCCN(C)C)C2CCS(=O)(=O)C2)nn1-c1ccccc1. The highest BCUT2D eigenvalue weighted by molar-refractivity contribution is 7.91. The normalized spacial score (nSPS) is 18.5. The predicted molar refractivity (Wildman–Crippen MR) is 110 cm³/mol.